The molecule has 5 heteroatoms. The maximum Gasteiger partial charge on any atom is 0.129 e. The molecule has 1 N–H and O–H groups in total. The van der Waals surface area contributed by atoms with Crippen LogP contribution in [-0.4, -0.2) is 6.54 Å². The summed E-state index contributed by atoms with van der Waals surface area (Å²) in [6.07, 6.45) is 1.27. The minimum absolute atomic E-state index is 0.0931. The third kappa shape index (κ3) is 4.11. The van der Waals surface area contributed by atoms with Crippen molar-refractivity contribution in [2.24, 2.45) is 0 Å². The van der Waals surface area contributed by atoms with Crippen LogP contribution in [0.3, 0.4) is 0 Å². The first-order chi connectivity index (χ1) is 10.0. The lowest BCUT2D eigenvalue weighted by Gasteiger charge is -2.19. The second kappa shape index (κ2) is 7.47. The van der Waals surface area contributed by atoms with Crippen LogP contribution < -0.4 is 5.32 Å². The number of thiophene rings is 1. The SMILES string of the molecule is CCCNC(Cc1c(F)cccc1F)c1sc(C)cc1Br. The van der Waals surface area contributed by atoms with Crippen LogP contribution in [0.4, 0.5) is 8.78 Å². The Kier molecular flexibility index (Phi) is 5.90. The molecule has 114 valence electrons. The van der Waals surface area contributed by atoms with Crippen molar-refractivity contribution in [2.45, 2.75) is 32.7 Å². The van der Waals surface area contributed by atoms with Gasteiger partial charge in [0.15, 0.2) is 0 Å². The van der Waals surface area contributed by atoms with Crippen LogP contribution in [0.25, 0.3) is 0 Å². The highest BCUT2D eigenvalue weighted by molar-refractivity contribution is 9.10. The second-order valence-electron chi connectivity index (χ2n) is 4.98. The van der Waals surface area contributed by atoms with Crippen molar-refractivity contribution < 1.29 is 8.78 Å². The molecule has 0 bridgehead atoms. The molecule has 1 aromatic heterocycles. The van der Waals surface area contributed by atoms with Crippen LogP contribution in [0.15, 0.2) is 28.7 Å². The summed E-state index contributed by atoms with van der Waals surface area (Å²) in [7, 11) is 0. The first-order valence-corrected chi connectivity index (χ1v) is 8.56. The number of hydrogen-bond donors (Lipinski definition) is 1. The number of rotatable bonds is 6. The van der Waals surface area contributed by atoms with Crippen LogP contribution in [-0.2, 0) is 6.42 Å². The Morgan fingerprint density at radius 2 is 1.95 bits per heavy atom. The number of halogens is 3. The summed E-state index contributed by atoms with van der Waals surface area (Å²) in [4.78, 5) is 2.26. The van der Waals surface area contributed by atoms with Crippen molar-refractivity contribution in [1.29, 1.82) is 0 Å². The summed E-state index contributed by atoms with van der Waals surface area (Å²) in [5.74, 6) is -0.967. The summed E-state index contributed by atoms with van der Waals surface area (Å²) in [6.45, 7) is 4.91. The summed E-state index contributed by atoms with van der Waals surface area (Å²) in [6, 6.07) is 5.96. The predicted molar refractivity (Wildman–Crippen MR) is 87.9 cm³/mol. The van der Waals surface area contributed by atoms with E-state index in [1.54, 1.807) is 11.3 Å². The predicted octanol–water partition coefficient (Wildman–Crippen LogP) is 5.38. The summed E-state index contributed by atoms with van der Waals surface area (Å²) >= 11 is 5.19. The van der Waals surface area contributed by atoms with E-state index in [2.05, 4.69) is 28.2 Å². The molecular weight excluding hydrogens is 356 g/mol. The van der Waals surface area contributed by atoms with Crippen LogP contribution in [0.1, 0.15) is 34.7 Å². The molecule has 1 unspecified atom stereocenters. The fourth-order valence-corrected chi connectivity index (χ4v) is 4.25. The van der Waals surface area contributed by atoms with E-state index in [1.165, 1.54) is 23.1 Å². The van der Waals surface area contributed by atoms with Crippen LogP contribution in [0.5, 0.6) is 0 Å². The molecular formula is C16H18BrF2NS. The number of nitrogens with one attached hydrogen (secondary N) is 1. The van der Waals surface area contributed by atoms with Gasteiger partial charge in [-0.3, -0.25) is 0 Å². The molecule has 1 atom stereocenters. The smallest absolute Gasteiger partial charge is 0.129 e. The Bertz CT molecular complexity index is 592. The van der Waals surface area contributed by atoms with Gasteiger partial charge in [0, 0.05) is 25.8 Å². The molecule has 2 aromatic rings. The normalized spacial score (nSPS) is 12.6. The van der Waals surface area contributed by atoms with Gasteiger partial charge in [-0.25, -0.2) is 8.78 Å². The molecule has 0 fully saturated rings. The molecule has 2 rings (SSSR count). The molecule has 0 saturated carbocycles. The molecule has 0 aliphatic heterocycles. The van der Waals surface area contributed by atoms with Gasteiger partial charge < -0.3 is 5.32 Å². The van der Waals surface area contributed by atoms with Gasteiger partial charge in [0.05, 0.1) is 0 Å². The second-order valence-corrected chi connectivity index (χ2v) is 7.12. The van der Waals surface area contributed by atoms with Crippen molar-refractivity contribution in [3.8, 4) is 0 Å². The van der Waals surface area contributed by atoms with Crippen molar-refractivity contribution in [3.05, 3.63) is 55.7 Å². The lowest BCUT2D eigenvalue weighted by molar-refractivity contribution is 0.493. The molecule has 0 radical (unpaired) electrons. The number of benzene rings is 1. The summed E-state index contributed by atoms with van der Waals surface area (Å²) in [5.41, 5.74) is 0.143. The van der Waals surface area contributed by atoms with Gasteiger partial charge in [0.1, 0.15) is 11.6 Å². The topological polar surface area (TPSA) is 12.0 Å². The Morgan fingerprint density at radius 3 is 2.48 bits per heavy atom. The molecule has 21 heavy (non-hydrogen) atoms. The van der Waals surface area contributed by atoms with Gasteiger partial charge in [0.2, 0.25) is 0 Å². The van der Waals surface area contributed by atoms with Crippen LogP contribution in [0, 0.1) is 18.6 Å². The van der Waals surface area contributed by atoms with Gasteiger partial charge in [-0.1, -0.05) is 13.0 Å². The summed E-state index contributed by atoms with van der Waals surface area (Å²) in [5, 5.41) is 3.39. The van der Waals surface area contributed by atoms with Crippen molar-refractivity contribution in [3.63, 3.8) is 0 Å². The Morgan fingerprint density at radius 1 is 1.29 bits per heavy atom. The van der Waals surface area contributed by atoms with E-state index in [4.69, 9.17) is 0 Å². The molecule has 1 nitrogen and oxygen atoms in total. The minimum atomic E-state index is -0.484. The van der Waals surface area contributed by atoms with Gasteiger partial charge in [-0.2, -0.15) is 0 Å². The van der Waals surface area contributed by atoms with E-state index in [0.717, 1.165) is 22.3 Å². The molecule has 0 amide bonds. The zero-order valence-electron chi connectivity index (χ0n) is 12.1. The highest BCUT2D eigenvalue weighted by Crippen LogP contribution is 2.34. The van der Waals surface area contributed by atoms with E-state index in [0.29, 0.717) is 6.42 Å². The average molecular weight is 374 g/mol. The average Bonchev–Trinajstić information content (AvgIpc) is 2.76. The highest BCUT2D eigenvalue weighted by Gasteiger charge is 2.20. The molecule has 0 spiro atoms. The number of aryl methyl sites for hydroxylation is 1. The van der Waals surface area contributed by atoms with Gasteiger partial charge in [-0.05, 0) is 60.4 Å². The Hall–Kier alpha value is -0.780. The molecule has 1 aromatic carbocycles. The maximum atomic E-state index is 13.9. The zero-order valence-corrected chi connectivity index (χ0v) is 14.5. The fraction of sp³-hybridized carbons (Fsp3) is 0.375. The van der Waals surface area contributed by atoms with E-state index in [1.807, 2.05) is 13.0 Å². The van der Waals surface area contributed by atoms with E-state index >= 15 is 0 Å². The van der Waals surface area contributed by atoms with E-state index in [-0.39, 0.29) is 11.6 Å². The molecule has 1 heterocycles. The lowest BCUT2D eigenvalue weighted by Crippen LogP contribution is -2.24. The third-order valence-corrected chi connectivity index (χ3v) is 5.35. The molecule has 0 aliphatic carbocycles. The minimum Gasteiger partial charge on any atom is -0.309 e. The Balaban J connectivity index is 2.30. The van der Waals surface area contributed by atoms with Crippen molar-refractivity contribution >= 4 is 27.3 Å². The highest BCUT2D eigenvalue weighted by atomic mass is 79.9. The van der Waals surface area contributed by atoms with Crippen LogP contribution >= 0.6 is 27.3 Å². The van der Waals surface area contributed by atoms with Crippen molar-refractivity contribution in [2.75, 3.05) is 6.54 Å². The third-order valence-electron chi connectivity index (χ3n) is 3.26. The fourth-order valence-electron chi connectivity index (χ4n) is 2.25. The van der Waals surface area contributed by atoms with E-state index in [9.17, 15) is 8.78 Å². The standard InChI is InChI=1S/C16H18BrF2NS/c1-3-7-20-15(16-12(17)8-10(2)21-16)9-11-13(18)5-4-6-14(11)19/h4-6,8,15,20H,3,7,9H2,1-2H3. The molecule has 0 saturated heterocycles. The largest absolute Gasteiger partial charge is 0.309 e. The lowest BCUT2D eigenvalue weighted by atomic mass is 10.0. The molecule has 0 aliphatic rings. The Labute approximate surface area is 136 Å². The van der Waals surface area contributed by atoms with Crippen molar-refractivity contribution in [1.82, 2.24) is 5.32 Å². The van der Waals surface area contributed by atoms with Gasteiger partial charge in [-0.15, -0.1) is 11.3 Å². The van der Waals surface area contributed by atoms with Crippen LogP contribution in [0.2, 0.25) is 0 Å². The van der Waals surface area contributed by atoms with Gasteiger partial charge >= 0.3 is 0 Å². The summed E-state index contributed by atoms with van der Waals surface area (Å²) < 4.78 is 28.8. The quantitative estimate of drug-likeness (QED) is 0.716. The number of hydrogen-bond acceptors (Lipinski definition) is 2. The first-order valence-electron chi connectivity index (χ1n) is 6.95. The maximum absolute atomic E-state index is 13.9. The first kappa shape index (κ1) is 16.6. The van der Waals surface area contributed by atoms with Gasteiger partial charge in [0.25, 0.3) is 0 Å². The van der Waals surface area contributed by atoms with E-state index < -0.39 is 11.6 Å². The monoisotopic (exact) mass is 373 g/mol. The zero-order chi connectivity index (χ0) is 15.4.